The summed E-state index contributed by atoms with van der Waals surface area (Å²) in [5, 5.41) is 11.9. The van der Waals surface area contributed by atoms with Crippen LogP contribution in [0.5, 0.6) is 0 Å². The average Bonchev–Trinajstić information content (AvgIpc) is 2.25. The van der Waals surface area contributed by atoms with E-state index in [1.54, 1.807) is 13.0 Å². The van der Waals surface area contributed by atoms with Crippen LogP contribution in [0.25, 0.3) is 0 Å². The van der Waals surface area contributed by atoms with Gasteiger partial charge in [0.2, 0.25) is 0 Å². The molecule has 0 amide bonds. The molecule has 0 saturated heterocycles. The molecule has 0 aliphatic carbocycles. The van der Waals surface area contributed by atoms with E-state index in [0.717, 1.165) is 6.26 Å². The van der Waals surface area contributed by atoms with E-state index >= 15 is 0 Å². The Kier molecular flexibility index (Phi) is 5.01. The molecule has 0 radical (unpaired) electrons. The van der Waals surface area contributed by atoms with Gasteiger partial charge in [-0.3, -0.25) is 0 Å². The molecule has 0 spiro atoms. The van der Waals surface area contributed by atoms with Crippen molar-refractivity contribution in [2.75, 3.05) is 6.26 Å². The molecule has 0 fully saturated rings. The van der Waals surface area contributed by atoms with Crippen molar-refractivity contribution < 1.29 is 13.6 Å². The maximum atomic E-state index is 11.7. The Bertz CT molecular complexity index is 570. The number of benzene rings is 1. The predicted octanol–water partition coefficient (Wildman–Crippen LogP) is 2.99. The fourth-order valence-corrected chi connectivity index (χ4v) is 3.38. The molecule has 7 heteroatoms. The summed E-state index contributed by atoms with van der Waals surface area (Å²) in [6, 6.07) is 4.56. The summed E-state index contributed by atoms with van der Waals surface area (Å²) >= 11 is 11.7. The largest absolute Gasteiger partial charge is 0.411 e. The first-order chi connectivity index (χ1) is 8.31. The number of nitrogens with zero attached hydrogens (tertiary/aromatic N) is 1. The minimum absolute atomic E-state index is 0.0293. The maximum absolute atomic E-state index is 11.7. The molecule has 0 bridgehead atoms. The number of halogens is 2. The molecule has 100 valence electrons. The summed E-state index contributed by atoms with van der Waals surface area (Å²) in [7, 11) is -3.38. The standard InChI is InChI=1S/C11H13Cl2NO3S/c1-3-10(18(2,16)17)11(14-15)8-5-4-7(12)6-9(8)13/h4-6,10,15H,3H2,1-2H3/b14-11+. The topological polar surface area (TPSA) is 66.7 Å². The van der Waals surface area contributed by atoms with E-state index in [1.165, 1.54) is 12.1 Å². The van der Waals surface area contributed by atoms with E-state index < -0.39 is 15.1 Å². The van der Waals surface area contributed by atoms with Gasteiger partial charge in [-0.15, -0.1) is 0 Å². The van der Waals surface area contributed by atoms with Crippen LogP contribution in [0, 0.1) is 0 Å². The van der Waals surface area contributed by atoms with Crippen LogP contribution in [0.15, 0.2) is 23.4 Å². The average molecular weight is 310 g/mol. The number of rotatable bonds is 4. The van der Waals surface area contributed by atoms with Crippen LogP contribution in [0.4, 0.5) is 0 Å². The molecule has 1 rings (SSSR count). The zero-order valence-corrected chi connectivity index (χ0v) is 12.2. The number of hydrogen-bond donors (Lipinski definition) is 1. The Morgan fingerprint density at radius 1 is 1.44 bits per heavy atom. The lowest BCUT2D eigenvalue weighted by molar-refractivity contribution is 0.318. The predicted molar refractivity (Wildman–Crippen MR) is 73.7 cm³/mol. The van der Waals surface area contributed by atoms with Crippen LogP contribution < -0.4 is 0 Å². The van der Waals surface area contributed by atoms with E-state index in [1.807, 2.05) is 0 Å². The molecule has 0 aliphatic heterocycles. The highest BCUT2D eigenvalue weighted by Crippen LogP contribution is 2.24. The van der Waals surface area contributed by atoms with Crippen molar-refractivity contribution in [3.05, 3.63) is 33.8 Å². The smallest absolute Gasteiger partial charge is 0.156 e. The van der Waals surface area contributed by atoms with E-state index in [0.29, 0.717) is 10.6 Å². The molecule has 4 nitrogen and oxygen atoms in total. The molecule has 0 aliphatic rings. The van der Waals surface area contributed by atoms with Gasteiger partial charge in [0.25, 0.3) is 0 Å². The zero-order valence-electron chi connectivity index (χ0n) is 9.89. The number of hydrogen-bond acceptors (Lipinski definition) is 4. The molecular weight excluding hydrogens is 297 g/mol. The second-order valence-corrected chi connectivity index (χ2v) is 6.91. The van der Waals surface area contributed by atoms with Crippen molar-refractivity contribution in [3.63, 3.8) is 0 Å². The first-order valence-electron chi connectivity index (χ1n) is 5.17. The molecule has 1 aromatic rings. The molecule has 1 unspecified atom stereocenters. The van der Waals surface area contributed by atoms with Gasteiger partial charge >= 0.3 is 0 Å². The SMILES string of the molecule is CCC(/C(=N/O)c1ccc(Cl)cc1Cl)S(C)(=O)=O. The lowest BCUT2D eigenvalue weighted by Gasteiger charge is -2.15. The monoisotopic (exact) mass is 309 g/mol. The molecule has 1 atom stereocenters. The Hall–Kier alpha value is -0.780. The minimum atomic E-state index is -3.38. The summed E-state index contributed by atoms with van der Waals surface area (Å²) in [5.74, 6) is 0. The second-order valence-electron chi connectivity index (χ2n) is 3.84. The van der Waals surface area contributed by atoms with Crippen LogP contribution >= 0.6 is 23.2 Å². The van der Waals surface area contributed by atoms with Crippen molar-refractivity contribution in [1.29, 1.82) is 0 Å². The van der Waals surface area contributed by atoms with Gasteiger partial charge in [-0.1, -0.05) is 35.3 Å². The summed E-state index contributed by atoms with van der Waals surface area (Å²) < 4.78 is 23.3. The second kappa shape index (κ2) is 5.91. The molecule has 0 aromatic heterocycles. The van der Waals surface area contributed by atoms with Gasteiger partial charge in [0.15, 0.2) is 9.84 Å². The molecule has 1 N–H and O–H groups in total. The van der Waals surface area contributed by atoms with E-state index in [4.69, 9.17) is 28.4 Å². The molecule has 0 heterocycles. The van der Waals surface area contributed by atoms with Crippen molar-refractivity contribution >= 4 is 38.8 Å². The van der Waals surface area contributed by atoms with Crippen LogP contribution in [0.2, 0.25) is 10.0 Å². The van der Waals surface area contributed by atoms with Crippen molar-refractivity contribution in [3.8, 4) is 0 Å². The lowest BCUT2D eigenvalue weighted by atomic mass is 10.1. The van der Waals surface area contributed by atoms with Crippen LogP contribution in [0.1, 0.15) is 18.9 Å². The third kappa shape index (κ3) is 3.37. The lowest BCUT2D eigenvalue weighted by Crippen LogP contribution is -2.30. The van der Waals surface area contributed by atoms with Crippen LogP contribution in [-0.2, 0) is 9.84 Å². The van der Waals surface area contributed by atoms with Gasteiger partial charge in [0.1, 0.15) is 11.0 Å². The Morgan fingerprint density at radius 3 is 2.44 bits per heavy atom. The fraction of sp³-hybridized carbons (Fsp3) is 0.364. The number of sulfone groups is 1. The normalized spacial score (nSPS) is 14.6. The third-order valence-electron chi connectivity index (χ3n) is 2.51. The van der Waals surface area contributed by atoms with E-state index in [2.05, 4.69) is 5.16 Å². The van der Waals surface area contributed by atoms with Gasteiger partial charge < -0.3 is 5.21 Å². The molecule has 18 heavy (non-hydrogen) atoms. The van der Waals surface area contributed by atoms with Crippen molar-refractivity contribution in [2.24, 2.45) is 5.16 Å². The highest BCUT2D eigenvalue weighted by molar-refractivity contribution is 7.92. The Morgan fingerprint density at radius 2 is 2.06 bits per heavy atom. The number of oxime groups is 1. The van der Waals surface area contributed by atoms with Crippen molar-refractivity contribution in [2.45, 2.75) is 18.6 Å². The van der Waals surface area contributed by atoms with Gasteiger partial charge in [0.05, 0.1) is 5.02 Å². The Labute approximate surface area is 116 Å². The quantitative estimate of drug-likeness (QED) is 0.528. The highest BCUT2D eigenvalue weighted by atomic mass is 35.5. The van der Waals surface area contributed by atoms with Gasteiger partial charge in [-0.2, -0.15) is 0 Å². The highest BCUT2D eigenvalue weighted by Gasteiger charge is 2.28. The van der Waals surface area contributed by atoms with Gasteiger partial charge in [-0.25, -0.2) is 8.42 Å². The summed E-state index contributed by atoms with van der Waals surface area (Å²) in [6.45, 7) is 1.70. The van der Waals surface area contributed by atoms with Gasteiger partial charge in [-0.05, 0) is 24.6 Å². The zero-order chi connectivity index (χ0) is 13.9. The van der Waals surface area contributed by atoms with Gasteiger partial charge in [0, 0.05) is 16.8 Å². The molecule has 0 saturated carbocycles. The molecule has 1 aromatic carbocycles. The fourth-order valence-electron chi connectivity index (χ4n) is 1.69. The van der Waals surface area contributed by atoms with Crippen LogP contribution in [0.3, 0.4) is 0 Å². The summed E-state index contributed by atoms with van der Waals surface area (Å²) in [6.07, 6.45) is 1.38. The summed E-state index contributed by atoms with van der Waals surface area (Å²) in [4.78, 5) is 0. The maximum Gasteiger partial charge on any atom is 0.156 e. The first-order valence-corrected chi connectivity index (χ1v) is 7.88. The Balaban J connectivity index is 3.35. The summed E-state index contributed by atoms with van der Waals surface area (Å²) in [5.41, 5.74) is 0.391. The van der Waals surface area contributed by atoms with E-state index in [-0.39, 0.29) is 17.2 Å². The van der Waals surface area contributed by atoms with E-state index in [9.17, 15) is 8.42 Å². The van der Waals surface area contributed by atoms with Crippen molar-refractivity contribution in [1.82, 2.24) is 0 Å². The third-order valence-corrected chi connectivity index (χ3v) is 4.65. The van der Waals surface area contributed by atoms with Crippen LogP contribution in [-0.4, -0.2) is 30.8 Å². The minimum Gasteiger partial charge on any atom is -0.411 e. The first kappa shape index (κ1) is 15.3. The molecular formula is C11H13Cl2NO3S.